The molecule has 100 valence electrons. The van der Waals surface area contributed by atoms with Gasteiger partial charge in [-0.3, -0.25) is 0 Å². The highest BCUT2D eigenvalue weighted by atomic mass is 16.5. The van der Waals surface area contributed by atoms with Gasteiger partial charge in [-0.1, -0.05) is 0 Å². The number of methoxy groups -OCH3 is 1. The van der Waals surface area contributed by atoms with E-state index in [9.17, 15) is 4.79 Å². The van der Waals surface area contributed by atoms with E-state index in [1.165, 1.54) is 7.11 Å². The van der Waals surface area contributed by atoms with Gasteiger partial charge in [0.1, 0.15) is 5.76 Å². The summed E-state index contributed by atoms with van der Waals surface area (Å²) in [6.45, 7) is 1.85. The Bertz CT molecular complexity index is 572. The van der Waals surface area contributed by atoms with E-state index in [0.717, 1.165) is 11.3 Å². The quantitative estimate of drug-likeness (QED) is 0.852. The van der Waals surface area contributed by atoms with E-state index >= 15 is 0 Å². The Hall–Kier alpha value is -2.14. The molecule has 19 heavy (non-hydrogen) atoms. The van der Waals surface area contributed by atoms with E-state index in [0.29, 0.717) is 23.6 Å². The minimum absolute atomic E-state index is 0.0358. The molecule has 2 aromatic rings. The number of esters is 1. The van der Waals surface area contributed by atoms with Crippen LogP contribution in [0.2, 0.25) is 0 Å². The Morgan fingerprint density at radius 3 is 2.63 bits per heavy atom. The van der Waals surface area contributed by atoms with E-state index < -0.39 is 0 Å². The third-order valence-corrected chi connectivity index (χ3v) is 2.79. The highest BCUT2D eigenvalue weighted by Gasteiger charge is 2.12. The lowest BCUT2D eigenvalue weighted by molar-refractivity contribution is 0.0600. The standard InChI is InChI=1S/C14H15NO4/c1-9-12(7-8-16)15-13(19-9)10-3-5-11(6-4-10)14(17)18-2/h3-6,16H,7-8H2,1-2H3. The average molecular weight is 261 g/mol. The van der Waals surface area contributed by atoms with Gasteiger partial charge in [0.25, 0.3) is 0 Å². The highest BCUT2D eigenvalue weighted by molar-refractivity contribution is 5.89. The molecule has 0 aliphatic rings. The summed E-state index contributed by atoms with van der Waals surface area (Å²) >= 11 is 0. The van der Waals surface area contributed by atoms with Crippen molar-refractivity contribution < 1.29 is 19.1 Å². The number of hydrogen-bond acceptors (Lipinski definition) is 5. The maximum absolute atomic E-state index is 11.3. The van der Waals surface area contributed by atoms with Crippen LogP contribution in [0.5, 0.6) is 0 Å². The SMILES string of the molecule is COC(=O)c1ccc(-c2nc(CCO)c(C)o2)cc1. The highest BCUT2D eigenvalue weighted by Crippen LogP contribution is 2.22. The number of oxazole rings is 1. The summed E-state index contributed by atoms with van der Waals surface area (Å²) in [7, 11) is 1.34. The summed E-state index contributed by atoms with van der Waals surface area (Å²) in [6.07, 6.45) is 0.468. The van der Waals surface area contributed by atoms with Crippen LogP contribution >= 0.6 is 0 Å². The van der Waals surface area contributed by atoms with Gasteiger partial charge in [0, 0.05) is 18.6 Å². The molecular formula is C14H15NO4. The Balaban J connectivity index is 2.27. The summed E-state index contributed by atoms with van der Waals surface area (Å²) in [4.78, 5) is 15.6. The first-order valence-electron chi connectivity index (χ1n) is 5.91. The first-order valence-corrected chi connectivity index (χ1v) is 5.91. The third kappa shape index (κ3) is 2.82. The van der Waals surface area contributed by atoms with Crippen molar-refractivity contribution in [1.82, 2.24) is 4.98 Å². The number of hydrogen-bond donors (Lipinski definition) is 1. The molecule has 0 unspecified atom stereocenters. The third-order valence-electron chi connectivity index (χ3n) is 2.79. The van der Waals surface area contributed by atoms with Crippen molar-refractivity contribution in [3.63, 3.8) is 0 Å². The maximum atomic E-state index is 11.3. The van der Waals surface area contributed by atoms with Crippen LogP contribution in [-0.2, 0) is 11.2 Å². The van der Waals surface area contributed by atoms with Crippen LogP contribution < -0.4 is 0 Å². The van der Waals surface area contributed by atoms with Gasteiger partial charge in [-0.2, -0.15) is 0 Å². The fourth-order valence-corrected chi connectivity index (χ4v) is 1.76. The van der Waals surface area contributed by atoms with E-state index in [1.807, 2.05) is 6.92 Å². The Morgan fingerprint density at radius 2 is 2.05 bits per heavy atom. The topological polar surface area (TPSA) is 72.6 Å². The van der Waals surface area contributed by atoms with E-state index in [1.54, 1.807) is 24.3 Å². The second kappa shape index (κ2) is 5.67. The van der Waals surface area contributed by atoms with Crippen LogP contribution in [0.1, 0.15) is 21.8 Å². The molecule has 1 aromatic carbocycles. The van der Waals surface area contributed by atoms with Crippen molar-refractivity contribution in [2.24, 2.45) is 0 Å². The predicted octanol–water partition coefficient (Wildman–Crippen LogP) is 1.97. The van der Waals surface area contributed by atoms with E-state index in [-0.39, 0.29) is 12.6 Å². The molecule has 2 rings (SSSR count). The van der Waals surface area contributed by atoms with Crippen molar-refractivity contribution in [3.05, 3.63) is 41.3 Å². The molecule has 1 N–H and O–H groups in total. The first kappa shape index (κ1) is 13.3. The number of benzene rings is 1. The summed E-state index contributed by atoms with van der Waals surface area (Å²) < 4.78 is 10.2. The molecule has 0 aliphatic heterocycles. The van der Waals surface area contributed by atoms with Crippen molar-refractivity contribution in [1.29, 1.82) is 0 Å². The lowest BCUT2D eigenvalue weighted by atomic mass is 10.1. The molecule has 0 spiro atoms. The fraction of sp³-hybridized carbons (Fsp3) is 0.286. The summed E-state index contributed by atoms with van der Waals surface area (Å²) in [5.41, 5.74) is 2.00. The molecule has 0 atom stereocenters. The lowest BCUT2D eigenvalue weighted by Crippen LogP contribution is -2.00. The molecule has 0 saturated heterocycles. The summed E-state index contributed by atoms with van der Waals surface area (Å²) in [5, 5.41) is 8.92. The van der Waals surface area contributed by atoms with Gasteiger partial charge in [0.05, 0.1) is 18.4 Å². The van der Waals surface area contributed by atoms with Gasteiger partial charge >= 0.3 is 5.97 Å². The van der Waals surface area contributed by atoms with Gasteiger partial charge in [0.15, 0.2) is 0 Å². The maximum Gasteiger partial charge on any atom is 0.337 e. The summed E-state index contributed by atoms with van der Waals surface area (Å²) in [5.74, 6) is 0.801. The molecule has 0 amide bonds. The van der Waals surface area contributed by atoms with Crippen LogP contribution in [-0.4, -0.2) is 29.8 Å². The molecule has 5 nitrogen and oxygen atoms in total. The smallest absolute Gasteiger partial charge is 0.337 e. The molecule has 5 heteroatoms. The number of carbonyl (C=O) groups excluding carboxylic acids is 1. The number of aliphatic hydroxyl groups excluding tert-OH is 1. The number of carbonyl (C=O) groups is 1. The fourth-order valence-electron chi connectivity index (χ4n) is 1.76. The monoisotopic (exact) mass is 261 g/mol. The van der Waals surface area contributed by atoms with Crippen molar-refractivity contribution in [2.45, 2.75) is 13.3 Å². The number of ether oxygens (including phenoxy) is 1. The van der Waals surface area contributed by atoms with Crippen LogP contribution in [0.4, 0.5) is 0 Å². The van der Waals surface area contributed by atoms with E-state index in [4.69, 9.17) is 9.52 Å². The zero-order valence-corrected chi connectivity index (χ0v) is 10.8. The molecule has 0 radical (unpaired) electrons. The van der Waals surface area contributed by atoms with Crippen molar-refractivity contribution in [2.75, 3.05) is 13.7 Å². The minimum atomic E-state index is -0.379. The predicted molar refractivity (Wildman–Crippen MR) is 68.8 cm³/mol. The van der Waals surface area contributed by atoms with Crippen LogP contribution in [0, 0.1) is 6.92 Å². The van der Waals surface area contributed by atoms with Crippen molar-refractivity contribution >= 4 is 5.97 Å². The van der Waals surface area contributed by atoms with Gasteiger partial charge in [-0.05, 0) is 31.2 Å². The second-order valence-corrected chi connectivity index (χ2v) is 4.06. The van der Waals surface area contributed by atoms with Crippen LogP contribution in [0.3, 0.4) is 0 Å². The minimum Gasteiger partial charge on any atom is -0.465 e. The van der Waals surface area contributed by atoms with E-state index in [2.05, 4.69) is 9.72 Å². The number of aromatic nitrogens is 1. The average Bonchev–Trinajstić information content (AvgIpc) is 2.80. The lowest BCUT2D eigenvalue weighted by Gasteiger charge is -1.99. The second-order valence-electron chi connectivity index (χ2n) is 4.06. The molecule has 1 aromatic heterocycles. The Morgan fingerprint density at radius 1 is 1.37 bits per heavy atom. The van der Waals surface area contributed by atoms with Gasteiger partial charge in [0.2, 0.25) is 5.89 Å². The molecular weight excluding hydrogens is 246 g/mol. The van der Waals surface area contributed by atoms with Gasteiger partial charge < -0.3 is 14.3 Å². The van der Waals surface area contributed by atoms with Gasteiger partial charge in [-0.15, -0.1) is 0 Å². The molecule has 0 saturated carbocycles. The van der Waals surface area contributed by atoms with Crippen LogP contribution in [0.15, 0.2) is 28.7 Å². The molecule has 1 heterocycles. The first-order chi connectivity index (χ1) is 9.15. The number of nitrogens with zero attached hydrogens (tertiary/aromatic N) is 1. The number of aliphatic hydroxyl groups is 1. The van der Waals surface area contributed by atoms with Crippen molar-refractivity contribution in [3.8, 4) is 11.5 Å². The number of aryl methyl sites for hydroxylation is 1. The molecule has 0 aliphatic carbocycles. The Labute approximate surface area is 110 Å². The zero-order chi connectivity index (χ0) is 13.8. The van der Waals surface area contributed by atoms with Gasteiger partial charge in [-0.25, -0.2) is 9.78 Å². The molecule has 0 fully saturated rings. The largest absolute Gasteiger partial charge is 0.465 e. The Kier molecular flexibility index (Phi) is 3.97. The molecule has 0 bridgehead atoms. The summed E-state index contributed by atoms with van der Waals surface area (Å²) in [6, 6.07) is 6.82. The normalized spacial score (nSPS) is 10.5. The van der Waals surface area contributed by atoms with Crippen LogP contribution in [0.25, 0.3) is 11.5 Å². The number of rotatable bonds is 4. The zero-order valence-electron chi connectivity index (χ0n) is 10.8.